The van der Waals surface area contributed by atoms with Crippen LogP contribution in [0, 0.1) is 0 Å². The van der Waals surface area contributed by atoms with Crippen molar-refractivity contribution in [3.8, 4) is 0 Å². The van der Waals surface area contributed by atoms with E-state index in [1.54, 1.807) is 0 Å². The summed E-state index contributed by atoms with van der Waals surface area (Å²) in [7, 11) is 0. The van der Waals surface area contributed by atoms with Crippen molar-refractivity contribution in [1.29, 1.82) is 0 Å². The van der Waals surface area contributed by atoms with E-state index in [2.05, 4.69) is 13.8 Å². The molecule has 0 bridgehead atoms. The molecule has 0 saturated carbocycles. The summed E-state index contributed by atoms with van der Waals surface area (Å²) in [5.41, 5.74) is 0. The molecule has 1 heterocycles. The van der Waals surface area contributed by atoms with Gasteiger partial charge < -0.3 is 14.2 Å². The smallest absolute Gasteiger partial charge is 0.430 e. The zero-order valence-corrected chi connectivity index (χ0v) is 38.1. The summed E-state index contributed by atoms with van der Waals surface area (Å²) in [5.74, 6) is -1.05. The average Bonchev–Trinajstić information content (AvgIpc) is 3.50. The standard InChI is InChI=1S/C44H83NO7.C2H6.V/c1-3-5-7-9-11-13-15-17-19-21-23-25-27-29-31-33-37-49-39-41(40-51-44(48)52-45-42(46)35-36-43(45)47)50-38-34-32-30-28-26-24-22-20-18-16-14-12-10-8-6-4-2;1-2;/h41H,3-40H2,1-2H3;1-2H3;/t41-;;/m1../s1. The number of carbonyl (C=O) groups excluding carboxylic acids is 3. The Labute approximate surface area is 352 Å². The fourth-order valence-corrected chi connectivity index (χ4v) is 6.93. The van der Waals surface area contributed by atoms with Gasteiger partial charge >= 0.3 is 6.16 Å². The number of rotatable bonds is 40. The molecule has 1 saturated heterocycles. The maximum atomic E-state index is 12.2. The quantitative estimate of drug-likeness (QED) is 0.0345. The Kier molecular flexibility index (Phi) is 46.5. The number of imide groups is 1. The van der Waals surface area contributed by atoms with Crippen molar-refractivity contribution in [1.82, 2.24) is 5.06 Å². The van der Waals surface area contributed by atoms with Crippen LogP contribution in [0.15, 0.2) is 0 Å². The third-order valence-electron chi connectivity index (χ3n) is 10.4. The van der Waals surface area contributed by atoms with Crippen LogP contribution in [0.2, 0.25) is 0 Å². The van der Waals surface area contributed by atoms with Gasteiger partial charge in [0, 0.05) is 44.6 Å². The number of amides is 2. The maximum Gasteiger partial charge on any atom is 0.534 e. The molecule has 0 aromatic rings. The molecule has 1 rings (SSSR count). The molecule has 1 aliphatic rings. The van der Waals surface area contributed by atoms with E-state index in [4.69, 9.17) is 19.0 Å². The van der Waals surface area contributed by atoms with Crippen molar-refractivity contribution in [2.45, 2.75) is 252 Å². The number of hydrogen-bond acceptors (Lipinski definition) is 7. The molecule has 0 unspecified atom stereocenters. The Hall–Kier alpha value is -1.09. The monoisotopic (exact) mass is 819 g/mol. The first-order chi connectivity index (χ1) is 26.6. The molecule has 1 atom stereocenters. The maximum absolute atomic E-state index is 12.2. The van der Waals surface area contributed by atoms with E-state index in [-0.39, 0.29) is 38.0 Å². The van der Waals surface area contributed by atoms with Gasteiger partial charge in [0.05, 0.1) is 6.61 Å². The molecule has 325 valence electrons. The van der Waals surface area contributed by atoms with Crippen molar-refractivity contribution in [3.05, 3.63) is 0 Å². The van der Waals surface area contributed by atoms with E-state index in [1.165, 1.54) is 180 Å². The first-order valence-corrected chi connectivity index (χ1v) is 23.5. The number of hydroxylamine groups is 2. The van der Waals surface area contributed by atoms with E-state index in [0.29, 0.717) is 24.9 Å². The van der Waals surface area contributed by atoms with Crippen molar-refractivity contribution in [2.24, 2.45) is 0 Å². The summed E-state index contributed by atoms with van der Waals surface area (Å²) in [6.45, 7) is 10.1. The Balaban J connectivity index is 0. The molecule has 0 spiro atoms. The average molecular weight is 819 g/mol. The fourth-order valence-electron chi connectivity index (χ4n) is 6.93. The third-order valence-corrected chi connectivity index (χ3v) is 10.4. The number of hydrogen-bond donors (Lipinski definition) is 0. The molecule has 1 radical (unpaired) electrons. The second-order valence-electron chi connectivity index (χ2n) is 15.4. The van der Waals surface area contributed by atoms with Gasteiger partial charge in [-0.1, -0.05) is 225 Å². The summed E-state index contributed by atoms with van der Waals surface area (Å²) in [6, 6.07) is 0. The minimum absolute atomic E-state index is 0. The summed E-state index contributed by atoms with van der Waals surface area (Å²) in [5, 5.41) is 0.502. The van der Waals surface area contributed by atoms with Gasteiger partial charge in [-0.2, -0.15) is 0 Å². The van der Waals surface area contributed by atoms with Crippen LogP contribution in [0.1, 0.15) is 246 Å². The van der Waals surface area contributed by atoms with Crippen molar-refractivity contribution >= 4 is 18.0 Å². The SMILES string of the molecule is CC.CCCCCCCCCCCCCCCCCCOC[C@H](COC(=O)ON1C(=O)CCC1=O)OCCCCCCCCCCCCCCCCCC.[V]. The Morgan fingerprint density at radius 2 is 0.800 bits per heavy atom. The topological polar surface area (TPSA) is 91.4 Å². The zero-order chi connectivity index (χ0) is 39.6. The van der Waals surface area contributed by atoms with Gasteiger partial charge in [-0.05, 0) is 12.8 Å². The molecule has 55 heavy (non-hydrogen) atoms. The van der Waals surface area contributed by atoms with Crippen LogP contribution < -0.4 is 0 Å². The Morgan fingerprint density at radius 1 is 0.491 bits per heavy atom. The van der Waals surface area contributed by atoms with Gasteiger partial charge in [-0.15, -0.1) is 0 Å². The van der Waals surface area contributed by atoms with Crippen LogP contribution >= 0.6 is 0 Å². The summed E-state index contributed by atoms with van der Waals surface area (Å²) in [6.07, 6.45) is 41.1. The van der Waals surface area contributed by atoms with E-state index >= 15 is 0 Å². The molecule has 8 nitrogen and oxygen atoms in total. The Morgan fingerprint density at radius 3 is 1.15 bits per heavy atom. The normalized spacial score (nSPS) is 13.1. The molecule has 1 fully saturated rings. The van der Waals surface area contributed by atoms with Gasteiger partial charge in [0.15, 0.2) is 0 Å². The second kappa shape index (κ2) is 45.6. The molecule has 2 amide bonds. The van der Waals surface area contributed by atoms with Crippen LogP contribution in [0.25, 0.3) is 0 Å². The van der Waals surface area contributed by atoms with Gasteiger partial charge in [0.2, 0.25) is 0 Å². The van der Waals surface area contributed by atoms with E-state index in [9.17, 15) is 14.4 Å². The minimum atomic E-state index is -1.07. The van der Waals surface area contributed by atoms with Gasteiger partial charge in [-0.25, -0.2) is 4.79 Å². The zero-order valence-electron chi connectivity index (χ0n) is 36.7. The number of ether oxygens (including phenoxy) is 3. The molecule has 0 aliphatic carbocycles. The van der Waals surface area contributed by atoms with Crippen molar-refractivity contribution in [2.75, 3.05) is 26.4 Å². The second-order valence-corrected chi connectivity index (χ2v) is 15.4. The first-order valence-electron chi connectivity index (χ1n) is 23.5. The summed E-state index contributed by atoms with van der Waals surface area (Å²) >= 11 is 0. The van der Waals surface area contributed by atoms with Crippen LogP contribution in [0.5, 0.6) is 0 Å². The van der Waals surface area contributed by atoms with E-state index in [1.807, 2.05) is 13.8 Å². The van der Waals surface area contributed by atoms with Gasteiger partial charge in [0.1, 0.15) is 12.7 Å². The van der Waals surface area contributed by atoms with Crippen LogP contribution in [-0.2, 0) is 47.2 Å². The number of carbonyl (C=O) groups is 3. The largest absolute Gasteiger partial charge is 0.534 e. The first kappa shape index (κ1) is 56.0. The predicted molar refractivity (Wildman–Crippen MR) is 225 cm³/mol. The van der Waals surface area contributed by atoms with Gasteiger partial charge in [-0.3, -0.25) is 14.4 Å². The van der Waals surface area contributed by atoms with E-state index in [0.717, 1.165) is 25.7 Å². The summed E-state index contributed by atoms with van der Waals surface area (Å²) in [4.78, 5) is 40.5. The molecular weight excluding hydrogens is 729 g/mol. The Bertz CT molecular complexity index is 814. The number of nitrogens with zero attached hydrogens (tertiary/aromatic N) is 1. The molecule has 0 aromatic carbocycles. The minimum Gasteiger partial charge on any atom is -0.430 e. The molecule has 1 aliphatic heterocycles. The van der Waals surface area contributed by atoms with Crippen molar-refractivity contribution < 1.29 is 52.0 Å². The van der Waals surface area contributed by atoms with Crippen LogP contribution in [0.3, 0.4) is 0 Å². The van der Waals surface area contributed by atoms with E-state index < -0.39 is 24.1 Å². The molecule has 0 aromatic heterocycles. The summed E-state index contributed by atoms with van der Waals surface area (Å²) < 4.78 is 17.2. The molecule has 9 heteroatoms. The fraction of sp³-hybridized carbons (Fsp3) is 0.935. The van der Waals surface area contributed by atoms with Crippen LogP contribution in [0.4, 0.5) is 4.79 Å². The van der Waals surface area contributed by atoms with Gasteiger partial charge in [0.25, 0.3) is 11.8 Å². The third kappa shape index (κ3) is 38.2. The molecular formula is C46H89NO7V. The molecule has 0 N–H and O–H groups in total. The van der Waals surface area contributed by atoms with Crippen molar-refractivity contribution in [3.63, 3.8) is 0 Å². The number of unbranched alkanes of at least 4 members (excludes halogenated alkanes) is 30. The predicted octanol–water partition coefficient (Wildman–Crippen LogP) is 14.2. The van der Waals surface area contributed by atoms with Crippen LogP contribution in [-0.4, -0.2) is 55.6 Å².